The molecule has 2 atom stereocenters. The van der Waals surface area contributed by atoms with Gasteiger partial charge in [0.1, 0.15) is 0 Å². The third-order valence-corrected chi connectivity index (χ3v) is 19.3. The molecule has 4 nitrogen and oxygen atoms in total. The smallest absolute Gasteiger partial charge is 0.854 e. The molecule has 0 aliphatic carbocycles. The molecule has 13 heteroatoms. The summed E-state index contributed by atoms with van der Waals surface area (Å²) in [4.78, 5) is 45.4. The molecule has 0 radical (unpaired) electrons. The van der Waals surface area contributed by atoms with Gasteiger partial charge in [0, 0.05) is 0 Å². The summed E-state index contributed by atoms with van der Waals surface area (Å²) in [7, 11) is -1.07. The van der Waals surface area contributed by atoms with Gasteiger partial charge < -0.3 is 55.5 Å². The predicted octanol–water partition coefficient (Wildman–Crippen LogP) is 4.63. The molecule has 2 unspecified atom stereocenters. The molecule has 35 heavy (non-hydrogen) atoms. The second-order valence-electron chi connectivity index (χ2n) is 8.17. The van der Waals surface area contributed by atoms with Gasteiger partial charge >= 0.3 is 58.4 Å². The van der Waals surface area contributed by atoms with E-state index in [2.05, 4.69) is 38.3 Å². The summed E-state index contributed by atoms with van der Waals surface area (Å²) in [5.41, 5.74) is -6.99. The van der Waals surface area contributed by atoms with Crippen LogP contribution in [0.5, 0.6) is 0 Å². The average molecular weight is 763 g/mol. The van der Waals surface area contributed by atoms with Gasteiger partial charge in [-0.3, -0.25) is 0 Å². The third kappa shape index (κ3) is 34.1. The van der Waals surface area contributed by atoms with E-state index < -0.39 is 31.5 Å². The predicted molar refractivity (Wildman–Crippen MR) is 150 cm³/mol. The van der Waals surface area contributed by atoms with Gasteiger partial charge in [0.05, 0.1) is 0 Å². The van der Waals surface area contributed by atoms with E-state index in [1.165, 1.54) is 51.4 Å². The molecule has 0 saturated heterocycles. The average Bonchev–Trinajstić information content (AvgIpc) is 2.70. The van der Waals surface area contributed by atoms with Crippen LogP contribution in [-0.4, -0.2) is 23.0 Å². The number of rotatable bonds is 18. The molecule has 200 valence electrons. The maximum Gasteiger partial charge on any atom is 2.00 e. The van der Waals surface area contributed by atoms with Crippen molar-refractivity contribution >= 4 is 56.0 Å². The number of hydrogen-bond acceptors (Lipinski definition) is 6. The summed E-state index contributed by atoms with van der Waals surface area (Å²) in [6, 6.07) is 0. The van der Waals surface area contributed by atoms with E-state index in [0.717, 1.165) is 61.5 Å². The molecular formula is C22H48O4P2S4Zn3. The van der Waals surface area contributed by atoms with E-state index in [0.29, 0.717) is 0 Å². The van der Waals surface area contributed by atoms with Crippen molar-refractivity contribution in [1.29, 1.82) is 0 Å². The van der Waals surface area contributed by atoms with Gasteiger partial charge in [-0.25, -0.2) is 20.1 Å². The molecule has 0 saturated carbocycles. The van der Waals surface area contributed by atoms with Crippen molar-refractivity contribution in [3.8, 4) is 0 Å². The van der Waals surface area contributed by atoms with Gasteiger partial charge in [-0.2, -0.15) is 0 Å². The molecule has 0 aliphatic heterocycles. The first-order valence-electron chi connectivity index (χ1n) is 12.4. The first kappa shape index (κ1) is 48.7. The van der Waals surface area contributed by atoms with E-state index in [9.17, 15) is 19.6 Å². The zero-order valence-electron chi connectivity index (χ0n) is 23.0. The summed E-state index contributed by atoms with van der Waals surface area (Å²) in [6.45, 7) is 8.44. The number of unbranched alkanes of at least 4 members (excludes halogenated alkanes) is 10. The SMILES string of the molecule is CCCCCCCCS(CCC)=P([O-])([O-])[S-].CCCCCCCCS(CCC)=P([O-])([O-])[S-].[Zn+2].[Zn+2].[Zn+2]. The Balaban J connectivity index is -0.000000158. The van der Waals surface area contributed by atoms with Crippen LogP contribution >= 0.6 is 11.4 Å². The fourth-order valence-corrected chi connectivity index (χ4v) is 13.8. The Hall–Kier alpha value is 3.97. The minimum atomic E-state index is -3.49. The molecule has 0 aliphatic rings. The monoisotopic (exact) mass is 758 g/mol. The Bertz CT molecular complexity index is 498. The van der Waals surface area contributed by atoms with Crippen molar-refractivity contribution in [3.63, 3.8) is 0 Å². The van der Waals surface area contributed by atoms with Crippen LogP contribution in [0.4, 0.5) is 0 Å². The Morgan fingerprint density at radius 2 is 0.686 bits per heavy atom. The zero-order valence-corrected chi connectivity index (χ0v) is 37.0. The molecule has 0 rings (SSSR count). The zero-order chi connectivity index (χ0) is 24.9. The van der Waals surface area contributed by atoms with Crippen molar-refractivity contribution < 1.29 is 78.0 Å². The second kappa shape index (κ2) is 32.5. The standard InChI is InChI=1S/2C11H24O2PS2.3Zn/c2*1-3-5-6-7-8-9-11-16(10-4-2)14(12,13)15;;;/h2*3-11H2,1-2H3;;;/q2*-3;3*+2. The molecule has 0 bridgehead atoms. The van der Waals surface area contributed by atoms with Crippen LogP contribution in [0, 0.1) is 0 Å². The van der Waals surface area contributed by atoms with Crippen LogP contribution in [0.2, 0.25) is 0 Å². The molecule has 0 N–H and O–H groups in total. The normalized spacial score (nSPS) is 12.9. The van der Waals surface area contributed by atoms with Crippen LogP contribution in [0.1, 0.15) is 118 Å². The molecule has 0 aromatic heterocycles. The summed E-state index contributed by atoms with van der Waals surface area (Å²) in [5.74, 6) is 3.12. The van der Waals surface area contributed by atoms with E-state index >= 15 is 0 Å². The molecule has 0 heterocycles. The van der Waals surface area contributed by atoms with E-state index in [1.807, 2.05) is 13.8 Å². The number of hydrogen-bond donors (Lipinski definition) is 0. The third-order valence-electron chi connectivity index (χ3n) is 4.98. The summed E-state index contributed by atoms with van der Waals surface area (Å²) in [5, 5.41) is 0. The Morgan fingerprint density at radius 1 is 0.429 bits per heavy atom. The first-order valence-corrected chi connectivity index (χ1v) is 22.1. The van der Waals surface area contributed by atoms with Crippen LogP contribution in [0.3, 0.4) is 0 Å². The van der Waals surface area contributed by atoms with Crippen molar-refractivity contribution in [2.45, 2.75) is 118 Å². The van der Waals surface area contributed by atoms with Gasteiger partial charge in [0.15, 0.2) is 0 Å². The van der Waals surface area contributed by atoms with Crippen LogP contribution in [0.25, 0.3) is 0 Å². The topological polar surface area (TPSA) is 92.2 Å². The van der Waals surface area contributed by atoms with E-state index in [1.54, 1.807) is 0 Å². The van der Waals surface area contributed by atoms with Crippen molar-refractivity contribution in [3.05, 3.63) is 0 Å². The maximum absolute atomic E-state index is 11.3. The Kier molecular flexibility index (Phi) is 45.2. The fourth-order valence-electron chi connectivity index (χ4n) is 3.22. The van der Waals surface area contributed by atoms with Gasteiger partial charge in [0.25, 0.3) is 0 Å². The Morgan fingerprint density at radius 3 is 0.914 bits per heavy atom. The molecular weight excluding hydrogens is 715 g/mol. The molecule has 0 aromatic carbocycles. The fraction of sp³-hybridized carbons (Fsp3) is 1.00. The van der Waals surface area contributed by atoms with Crippen LogP contribution < -0.4 is 19.6 Å². The van der Waals surface area contributed by atoms with E-state index in [4.69, 9.17) is 0 Å². The van der Waals surface area contributed by atoms with Gasteiger partial charge in [-0.05, 0) is 48.7 Å². The molecule has 0 amide bonds. The van der Waals surface area contributed by atoms with Gasteiger partial charge in [0.2, 0.25) is 0 Å². The van der Waals surface area contributed by atoms with Gasteiger partial charge in [-0.15, -0.1) is 0 Å². The maximum atomic E-state index is 11.3. The summed E-state index contributed by atoms with van der Waals surface area (Å²) in [6.07, 6.45) is 16.3. The second-order valence-corrected chi connectivity index (χ2v) is 23.7. The van der Waals surface area contributed by atoms with Crippen molar-refractivity contribution in [1.82, 2.24) is 0 Å². The molecule has 0 aromatic rings. The quantitative estimate of drug-likeness (QED) is 0.0876. The molecule has 0 fully saturated rings. The largest absolute Gasteiger partial charge is 2.00 e. The van der Waals surface area contributed by atoms with Crippen LogP contribution in [0.15, 0.2) is 0 Å². The Labute approximate surface area is 272 Å². The van der Waals surface area contributed by atoms with Gasteiger partial charge in [-0.1, -0.05) is 91.9 Å². The molecule has 0 spiro atoms. The van der Waals surface area contributed by atoms with Crippen molar-refractivity contribution in [2.24, 2.45) is 0 Å². The minimum Gasteiger partial charge on any atom is -0.854 e. The minimum absolute atomic E-state index is 0. The summed E-state index contributed by atoms with van der Waals surface area (Å²) >= 11 is 9.21. The van der Waals surface area contributed by atoms with Crippen molar-refractivity contribution in [2.75, 3.05) is 23.0 Å². The summed E-state index contributed by atoms with van der Waals surface area (Å²) < 4.78 is 0. The van der Waals surface area contributed by atoms with E-state index in [-0.39, 0.29) is 58.4 Å². The van der Waals surface area contributed by atoms with Crippen LogP contribution in [-0.2, 0) is 103 Å². The first-order chi connectivity index (χ1) is 15.0.